The molecule has 0 bridgehead atoms. The fourth-order valence-electron chi connectivity index (χ4n) is 2.00. The van der Waals surface area contributed by atoms with Crippen molar-refractivity contribution in [1.29, 1.82) is 0 Å². The number of benzene rings is 2. The van der Waals surface area contributed by atoms with Crippen molar-refractivity contribution in [3.63, 3.8) is 0 Å². The van der Waals surface area contributed by atoms with Crippen molar-refractivity contribution in [1.82, 2.24) is 0 Å². The summed E-state index contributed by atoms with van der Waals surface area (Å²) < 4.78 is 1.08. The van der Waals surface area contributed by atoms with Gasteiger partial charge in [-0.3, -0.25) is 0 Å². The molecule has 0 unspecified atom stereocenters. The summed E-state index contributed by atoms with van der Waals surface area (Å²) in [6.45, 7) is 2.90. The molecule has 19 heavy (non-hydrogen) atoms. The number of anilines is 2. The predicted molar refractivity (Wildman–Crippen MR) is 86.9 cm³/mol. The second kappa shape index (κ2) is 5.85. The topological polar surface area (TPSA) is 29.3 Å². The highest BCUT2D eigenvalue weighted by molar-refractivity contribution is 9.10. The number of rotatable bonds is 3. The molecular formula is C15H16BrClN2. The molecule has 2 nitrogen and oxygen atoms in total. The minimum absolute atomic E-state index is 0.696. The van der Waals surface area contributed by atoms with E-state index in [4.69, 9.17) is 17.3 Å². The monoisotopic (exact) mass is 338 g/mol. The van der Waals surface area contributed by atoms with E-state index in [0.717, 1.165) is 22.4 Å². The zero-order chi connectivity index (χ0) is 14.0. The quantitative estimate of drug-likeness (QED) is 0.826. The fraction of sp³-hybridized carbons (Fsp3) is 0.200. The van der Waals surface area contributed by atoms with E-state index in [9.17, 15) is 0 Å². The molecule has 0 radical (unpaired) electrons. The molecule has 0 saturated carbocycles. The number of halogens is 2. The van der Waals surface area contributed by atoms with Gasteiger partial charge in [0.25, 0.3) is 0 Å². The highest BCUT2D eigenvalue weighted by Gasteiger charge is 2.08. The van der Waals surface area contributed by atoms with Gasteiger partial charge in [-0.2, -0.15) is 0 Å². The average Bonchev–Trinajstić information content (AvgIpc) is 2.36. The van der Waals surface area contributed by atoms with E-state index in [1.807, 2.05) is 25.2 Å². The van der Waals surface area contributed by atoms with E-state index in [0.29, 0.717) is 5.02 Å². The highest BCUT2D eigenvalue weighted by atomic mass is 79.9. The van der Waals surface area contributed by atoms with Crippen LogP contribution in [0.3, 0.4) is 0 Å². The maximum absolute atomic E-state index is 6.03. The zero-order valence-electron chi connectivity index (χ0n) is 11.0. The minimum Gasteiger partial charge on any atom is -0.397 e. The second-order valence-electron chi connectivity index (χ2n) is 4.63. The third-order valence-corrected chi connectivity index (χ3v) is 3.85. The molecule has 2 aromatic rings. The van der Waals surface area contributed by atoms with E-state index in [-0.39, 0.29) is 0 Å². The molecule has 0 aliphatic heterocycles. The van der Waals surface area contributed by atoms with Gasteiger partial charge >= 0.3 is 0 Å². The Morgan fingerprint density at radius 3 is 2.68 bits per heavy atom. The van der Waals surface area contributed by atoms with Crippen LogP contribution in [0.1, 0.15) is 11.1 Å². The van der Waals surface area contributed by atoms with Crippen molar-refractivity contribution in [2.24, 2.45) is 0 Å². The van der Waals surface area contributed by atoms with Crippen molar-refractivity contribution in [2.75, 3.05) is 17.7 Å². The summed E-state index contributed by atoms with van der Waals surface area (Å²) in [4.78, 5) is 2.11. The maximum Gasteiger partial charge on any atom is 0.0615 e. The van der Waals surface area contributed by atoms with E-state index >= 15 is 0 Å². The molecular weight excluding hydrogens is 324 g/mol. The largest absolute Gasteiger partial charge is 0.397 e. The highest BCUT2D eigenvalue weighted by Crippen LogP contribution is 2.28. The van der Waals surface area contributed by atoms with Gasteiger partial charge in [-0.15, -0.1) is 0 Å². The Labute approximate surface area is 127 Å². The summed E-state index contributed by atoms with van der Waals surface area (Å²) in [6, 6.07) is 11.8. The Bertz CT molecular complexity index is 599. The van der Waals surface area contributed by atoms with Crippen molar-refractivity contribution in [2.45, 2.75) is 13.5 Å². The van der Waals surface area contributed by atoms with Crippen LogP contribution in [0.4, 0.5) is 11.4 Å². The Hall–Kier alpha value is -1.19. The standard InChI is InChI=1S/C15H16BrClN2/c1-10-3-4-12(16)7-11(10)9-19(2)15-8-13(17)5-6-14(15)18/h3-8H,9,18H2,1-2H3. The molecule has 0 amide bonds. The van der Waals surface area contributed by atoms with Crippen LogP contribution in [0.5, 0.6) is 0 Å². The van der Waals surface area contributed by atoms with Crippen molar-refractivity contribution >= 4 is 38.9 Å². The first-order valence-corrected chi connectivity index (χ1v) is 7.15. The molecule has 2 aromatic carbocycles. The summed E-state index contributed by atoms with van der Waals surface area (Å²) in [6.07, 6.45) is 0. The lowest BCUT2D eigenvalue weighted by molar-refractivity contribution is 0.915. The summed E-state index contributed by atoms with van der Waals surface area (Å²) in [7, 11) is 2.02. The molecule has 0 heterocycles. The third-order valence-electron chi connectivity index (χ3n) is 3.12. The normalized spacial score (nSPS) is 10.5. The second-order valence-corrected chi connectivity index (χ2v) is 5.98. The van der Waals surface area contributed by atoms with Crippen LogP contribution < -0.4 is 10.6 Å². The molecule has 4 heteroatoms. The Kier molecular flexibility index (Phi) is 4.38. The Balaban J connectivity index is 2.27. The number of nitrogens with two attached hydrogens (primary N) is 1. The zero-order valence-corrected chi connectivity index (χ0v) is 13.3. The SMILES string of the molecule is Cc1ccc(Br)cc1CN(C)c1cc(Cl)ccc1N. The number of nitrogen functional groups attached to an aromatic ring is 1. The van der Waals surface area contributed by atoms with Crippen LogP contribution in [0, 0.1) is 6.92 Å². The van der Waals surface area contributed by atoms with Crippen LogP contribution in [0.25, 0.3) is 0 Å². The smallest absolute Gasteiger partial charge is 0.0615 e. The van der Waals surface area contributed by atoms with E-state index in [1.165, 1.54) is 11.1 Å². The summed E-state index contributed by atoms with van der Waals surface area (Å²) >= 11 is 9.53. The first kappa shape index (κ1) is 14.2. The molecule has 2 rings (SSSR count). The van der Waals surface area contributed by atoms with Gasteiger partial charge in [0.05, 0.1) is 11.4 Å². The van der Waals surface area contributed by atoms with Crippen LogP contribution in [0.15, 0.2) is 40.9 Å². The van der Waals surface area contributed by atoms with Crippen molar-refractivity contribution in [3.05, 3.63) is 57.0 Å². The molecule has 100 valence electrons. The summed E-state index contributed by atoms with van der Waals surface area (Å²) in [5.41, 5.74) is 10.2. The first-order valence-electron chi connectivity index (χ1n) is 5.98. The average molecular weight is 340 g/mol. The summed E-state index contributed by atoms with van der Waals surface area (Å²) in [5.74, 6) is 0. The van der Waals surface area contributed by atoms with Gasteiger partial charge in [-0.1, -0.05) is 33.6 Å². The van der Waals surface area contributed by atoms with Crippen LogP contribution >= 0.6 is 27.5 Å². The fourth-order valence-corrected chi connectivity index (χ4v) is 2.57. The lowest BCUT2D eigenvalue weighted by atomic mass is 10.1. The molecule has 2 N–H and O–H groups in total. The number of hydrogen-bond acceptors (Lipinski definition) is 2. The Morgan fingerprint density at radius 1 is 1.21 bits per heavy atom. The molecule has 0 saturated heterocycles. The van der Waals surface area contributed by atoms with Gasteiger partial charge in [0, 0.05) is 23.1 Å². The van der Waals surface area contributed by atoms with Gasteiger partial charge in [0.15, 0.2) is 0 Å². The van der Waals surface area contributed by atoms with Crippen LogP contribution in [-0.4, -0.2) is 7.05 Å². The molecule has 0 fully saturated rings. The third kappa shape index (κ3) is 3.43. The number of nitrogens with zero attached hydrogens (tertiary/aromatic N) is 1. The van der Waals surface area contributed by atoms with E-state index in [1.54, 1.807) is 6.07 Å². The Morgan fingerprint density at radius 2 is 1.95 bits per heavy atom. The van der Waals surface area contributed by atoms with Gasteiger partial charge in [0.2, 0.25) is 0 Å². The predicted octanol–water partition coefficient (Wildman–Crippen LogP) is 4.63. The lowest BCUT2D eigenvalue weighted by Crippen LogP contribution is -2.18. The molecule has 0 aliphatic rings. The maximum atomic E-state index is 6.03. The van der Waals surface area contributed by atoms with Crippen LogP contribution in [0.2, 0.25) is 5.02 Å². The van der Waals surface area contributed by atoms with Gasteiger partial charge in [-0.05, 0) is 48.4 Å². The first-order chi connectivity index (χ1) is 8.97. The minimum atomic E-state index is 0.696. The van der Waals surface area contributed by atoms with Gasteiger partial charge in [-0.25, -0.2) is 0 Å². The molecule has 0 spiro atoms. The van der Waals surface area contributed by atoms with Crippen LogP contribution in [-0.2, 0) is 6.54 Å². The van der Waals surface area contributed by atoms with E-state index in [2.05, 4.69) is 39.9 Å². The molecule has 0 aromatic heterocycles. The van der Waals surface area contributed by atoms with Crippen molar-refractivity contribution in [3.8, 4) is 0 Å². The molecule has 0 aliphatic carbocycles. The van der Waals surface area contributed by atoms with Crippen molar-refractivity contribution < 1.29 is 0 Å². The summed E-state index contributed by atoms with van der Waals surface area (Å²) in [5, 5.41) is 0.696. The number of hydrogen-bond donors (Lipinski definition) is 1. The van der Waals surface area contributed by atoms with E-state index < -0.39 is 0 Å². The lowest BCUT2D eigenvalue weighted by Gasteiger charge is -2.22. The number of aryl methyl sites for hydroxylation is 1. The van der Waals surface area contributed by atoms with Gasteiger partial charge < -0.3 is 10.6 Å². The van der Waals surface area contributed by atoms with Gasteiger partial charge in [0.1, 0.15) is 0 Å². The molecule has 0 atom stereocenters.